The normalized spacial score (nSPS) is 14.1. The zero-order valence-electron chi connectivity index (χ0n) is 9.26. The van der Waals surface area contributed by atoms with Crippen LogP contribution in [0.2, 0.25) is 0 Å². The Hall–Kier alpha value is 0.0700. The number of rotatable bonds is 9. The molecule has 0 saturated heterocycles. The zero-order valence-corrected chi connectivity index (χ0v) is 10.2. The molecule has 0 saturated carbocycles. The molecule has 4 N–H and O–H groups in total. The van der Waals surface area contributed by atoms with Crippen molar-refractivity contribution in [1.82, 2.24) is 0 Å². The average molecular weight is 239 g/mol. The second-order valence-electron chi connectivity index (χ2n) is 3.69. The highest BCUT2D eigenvalue weighted by atomic mass is 31.2. The van der Waals surface area contributed by atoms with Crippen molar-refractivity contribution in [1.29, 1.82) is 0 Å². The highest BCUT2D eigenvalue weighted by molar-refractivity contribution is 7.46. The van der Waals surface area contributed by atoms with Crippen molar-refractivity contribution in [2.45, 2.75) is 58.1 Å². The first-order valence-corrected chi connectivity index (χ1v) is 6.98. The first-order valence-electron chi connectivity index (χ1n) is 5.45. The molecule has 0 aromatic carbocycles. The minimum atomic E-state index is -4.41. The number of hydrogen-bond donors (Lipinski definition) is 3. The van der Waals surface area contributed by atoms with Crippen molar-refractivity contribution in [3.63, 3.8) is 0 Å². The van der Waals surface area contributed by atoms with Gasteiger partial charge < -0.3 is 15.5 Å². The standard InChI is InChI=1S/C9H22NO4P/c1-2-3-4-5-6-7-8-9(10)14-15(11,12)13/h9H,2-8,10H2,1H3,(H2,11,12,13). The Labute approximate surface area is 91.3 Å². The maximum atomic E-state index is 10.4. The highest BCUT2D eigenvalue weighted by Crippen LogP contribution is 2.37. The molecule has 0 aliphatic carbocycles. The van der Waals surface area contributed by atoms with E-state index in [1.807, 2.05) is 0 Å². The molecule has 5 nitrogen and oxygen atoms in total. The molecule has 0 aromatic heterocycles. The van der Waals surface area contributed by atoms with Crippen molar-refractivity contribution < 1.29 is 18.9 Å². The van der Waals surface area contributed by atoms with Gasteiger partial charge in [0.25, 0.3) is 0 Å². The molecule has 0 amide bonds. The van der Waals surface area contributed by atoms with Crippen LogP contribution >= 0.6 is 7.82 Å². The second kappa shape index (κ2) is 8.25. The molecule has 0 fully saturated rings. The van der Waals surface area contributed by atoms with E-state index in [2.05, 4.69) is 11.4 Å². The number of phosphoric ester groups is 1. The molecular weight excluding hydrogens is 217 g/mol. The van der Waals surface area contributed by atoms with Crippen molar-refractivity contribution in [2.75, 3.05) is 0 Å². The zero-order chi connectivity index (χ0) is 11.7. The van der Waals surface area contributed by atoms with Crippen LogP contribution in [0, 0.1) is 0 Å². The van der Waals surface area contributed by atoms with E-state index in [9.17, 15) is 4.57 Å². The van der Waals surface area contributed by atoms with Gasteiger partial charge in [-0.15, -0.1) is 0 Å². The predicted molar refractivity (Wildman–Crippen MR) is 59.1 cm³/mol. The van der Waals surface area contributed by atoms with Crippen LogP contribution < -0.4 is 5.73 Å². The summed E-state index contributed by atoms with van der Waals surface area (Å²) >= 11 is 0. The van der Waals surface area contributed by atoms with Crippen LogP contribution in [0.4, 0.5) is 0 Å². The van der Waals surface area contributed by atoms with Crippen LogP contribution in [0.5, 0.6) is 0 Å². The van der Waals surface area contributed by atoms with Gasteiger partial charge in [0.2, 0.25) is 0 Å². The molecule has 92 valence electrons. The fraction of sp³-hybridized carbons (Fsp3) is 1.00. The first-order chi connectivity index (χ1) is 6.95. The maximum Gasteiger partial charge on any atom is 0.471 e. The van der Waals surface area contributed by atoms with Gasteiger partial charge in [-0.2, -0.15) is 0 Å². The summed E-state index contributed by atoms with van der Waals surface area (Å²) in [5.41, 5.74) is 5.39. The third-order valence-corrected chi connectivity index (χ3v) is 2.66. The second-order valence-corrected chi connectivity index (χ2v) is 4.88. The summed E-state index contributed by atoms with van der Waals surface area (Å²) in [5, 5.41) is 0. The van der Waals surface area contributed by atoms with Crippen LogP contribution in [0.25, 0.3) is 0 Å². The molecule has 0 aromatic rings. The van der Waals surface area contributed by atoms with Gasteiger partial charge in [0.1, 0.15) is 6.23 Å². The van der Waals surface area contributed by atoms with Gasteiger partial charge in [-0.25, -0.2) is 4.57 Å². The summed E-state index contributed by atoms with van der Waals surface area (Å²) in [6, 6.07) is 0. The molecule has 1 atom stereocenters. The van der Waals surface area contributed by atoms with Crippen molar-refractivity contribution in [3.8, 4) is 0 Å². The Kier molecular flexibility index (Phi) is 8.29. The van der Waals surface area contributed by atoms with Gasteiger partial charge in [0, 0.05) is 0 Å². The Morgan fingerprint density at radius 2 is 1.73 bits per heavy atom. The summed E-state index contributed by atoms with van der Waals surface area (Å²) in [4.78, 5) is 16.9. The van der Waals surface area contributed by atoms with Crippen LogP contribution in [-0.2, 0) is 9.09 Å². The molecule has 1 unspecified atom stereocenters. The minimum absolute atomic E-state index is 0.497. The van der Waals surface area contributed by atoms with E-state index in [1.54, 1.807) is 0 Å². The summed E-state index contributed by atoms with van der Waals surface area (Å²) in [7, 11) is -4.41. The number of unbranched alkanes of at least 4 members (excludes halogenated alkanes) is 5. The highest BCUT2D eigenvalue weighted by Gasteiger charge is 2.18. The lowest BCUT2D eigenvalue weighted by Gasteiger charge is -2.12. The average Bonchev–Trinajstić information content (AvgIpc) is 2.08. The molecule has 0 heterocycles. The fourth-order valence-corrected chi connectivity index (χ4v) is 1.81. The van der Waals surface area contributed by atoms with E-state index in [4.69, 9.17) is 15.5 Å². The Morgan fingerprint density at radius 3 is 2.27 bits per heavy atom. The number of nitrogens with two attached hydrogens (primary N) is 1. The fourth-order valence-electron chi connectivity index (χ4n) is 1.35. The molecule has 6 heteroatoms. The molecule has 0 rings (SSSR count). The molecule has 0 aliphatic heterocycles. The van der Waals surface area contributed by atoms with Crippen molar-refractivity contribution in [2.24, 2.45) is 5.73 Å². The third kappa shape index (κ3) is 12.0. The lowest BCUT2D eigenvalue weighted by molar-refractivity contribution is 0.129. The summed E-state index contributed by atoms with van der Waals surface area (Å²) in [6.45, 7) is 2.16. The van der Waals surface area contributed by atoms with E-state index >= 15 is 0 Å². The summed E-state index contributed by atoms with van der Waals surface area (Å²) in [5.74, 6) is 0. The van der Waals surface area contributed by atoms with E-state index < -0.39 is 14.1 Å². The predicted octanol–water partition coefficient (Wildman–Crippen LogP) is 2.13. The minimum Gasteiger partial charge on any atom is -0.306 e. The van der Waals surface area contributed by atoms with E-state index in [0.29, 0.717) is 6.42 Å². The van der Waals surface area contributed by atoms with Crippen LogP contribution in [-0.4, -0.2) is 16.0 Å². The van der Waals surface area contributed by atoms with E-state index in [0.717, 1.165) is 19.3 Å². The summed E-state index contributed by atoms with van der Waals surface area (Å²) < 4.78 is 14.7. The molecule has 0 radical (unpaired) electrons. The molecule has 0 aliphatic rings. The van der Waals surface area contributed by atoms with Crippen molar-refractivity contribution >= 4 is 7.82 Å². The van der Waals surface area contributed by atoms with Gasteiger partial charge >= 0.3 is 7.82 Å². The van der Waals surface area contributed by atoms with Crippen molar-refractivity contribution in [3.05, 3.63) is 0 Å². The van der Waals surface area contributed by atoms with Gasteiger partial charge in [-0.05, 0) is 12.8 Å². The summed E-state index contributed by atoms with van der Waals surface area (Å²) in [6.07, 6.45) is 6.35. The van der Waals surface area contributed by atoms with Crippen LogP contribution in [0.3, 0.4) is 0 Å². The van der Waals surface area contributed by atoms with Crippen LogP contribution in [0.15, 0.2) is 0 Å². The van der Waals surface area contributed by atoms with Gasteiger partial charge in [-0.1, -0.05) is 39.0 Å². The van der Waals surface area contributed by atoms with E-state index in [-0.39, 0.29) is 0 Å². The Balaban J connectivity index is 3.32. The van der Waals surface area contributed by atoms with Crippen LogP contribution in [0.1, 0.15) is 51.9 Å². The topological polar surface area (TPSA) is 92.8 Å². The number of phosphoric acid groups is 1. The lowest BCUT2D eigenvalue weighted by atomic mass is 10.1. The quantitative estimate of drug-likeness (QED) is 0.325. The molecule has 15 heavy (non-hydrogen) atoms. The monoisotopic (exact) mass is 239 g/mol. The largest absolute Gasteiger partial charge is 0.471 e. The lowest BCUT2D eigenvalue weighted by Crippen LogP contribution is -2.22. The third-order valence-electron chi connectivity index (χ3n) is 2.11. The molecule has 0 spiro atoms. The Morgan fingerprint density at radius 1 is 1.20 bits per heavy atom. The first kappa shape index (κ1) is 15.1. The number of hydrogen-bond acceptors (Lipinski definition) is 3. The van der Waals surface area contributed by atoms with Gasteiger partial charge in [-0.3, -0.25) is 4.52 Å². The maximum absolute atomic E-state index is 10.4. The Bertz CT molecular complexity index is 195. The smallest absolute Gasteiger partial charge is 0.306 e. The van der Waals surface area contributed by atoms with Gasteiger partial charge in [0.05, 0.1) is 0 Å². The van der Waals surface area contributed by atoms with E-state index in [1.165, 1.54) is 19.3 Å². The molecular formula is C9H22NO4P. The SMILES string of the molecule is CCCCCCCCC(N)OP(=O)(O)O. The van der Waals surface area contributed by atoms with Gasteiger partial charge in [0.15, 0.2) is 0 Å². The molecule has 0 bridgehead atoms.